The maximum absolute atomic E-state index is 11.0. The number of rotatable bonds is 2. The smallest absolute Gasteiger partial charge is 0.358 e. The summed E-state index contributed by atoms with van der Waals surface area (Å²) < 4.78 is 1.67. The maximum atomic E-state index is 11.0. The van der Waals surface area contributed by atoms with Crippen molar-refractivity contribution < 1.29 is 9.90 Å². The zero-order chi connectivity index (χ0) is 11.8. The lowest BCUT2D eigenvalue weighted by Crippen LogP contribution is -2.03. The molecule has 0 aromatic carbocycles. The van der Waals surface area contributed by atoms with Gasteiger partial charge in [-0.05, 0) is 11.4 Å². The minimum absolute atomic E-state index is 0.0321. The number of hydrogen-bond donors (Lipinski definition) is 1. The lowest BCUT2D eigenvalue weighted by Gasteiger charge is -1.95. The van der Waals surface area contributed by atoms with Crippen LogP contribution in [0.2, 0.25) is 0 Å². The van der Waals surface area contributed by atoms with E-state index in [9.17, 15) is 4.79 Å². The Bertz CT molecular complexity index is 688. The molecule has 0 aliphatic heterocycles. The van der Waals surface area contributed by atoms with Crippen molar-refractivity contribution in [2.45, 2.75) is 0 Å². The van der Waals surface area contributed by atoms with Gasteiger partial charge in [0.15, 0.2) is 11.3 Å². The molecule has 0 atom stereocenters. The molecule has 0 bridgehead atoms. The summed E-state index contributed by atoms with van der Waals surface area (Å²) in [6.45, 7) is 0. The van der Waals surface area contributed by atoms with Crippen molar-refractivity contribution in [1.82, 2.24) is 14.4 Å². The highest BCUT2D eigenvalue weighted by Gasteiger charge is 2.14. The molecule has 0 saturated carbocycles. The molecule has 3 aromatic rings. The van der Waals surface area contributed by atoms with Crippen LogP contribution < -0.4 is 0 Å². The number of carbonyl (C=O) groups is 1. The molecule has 0 unspecified atom stereocenters. The number of nitrogens with zero attached hydrogens (tertiary/aromatic N) is 3. The summed E-state index contributed by atoms with van der Waals surface area (Å²) >= 11 is 1.56. The van der Waals surface area contributed by atoms with Gasteiger partial charge in [-0.2, -0.15) is 0 Å². The first kappa shape index (κ1) is 9.98. The Labute approximate surface area is 100 Å². The Morgan fingerprint density at radius 2 is 2.35 bits per heavy atom. The average molecular weight is 245 g/mol. The SMILES string of the molecule is O=C(O)c1nccn2cc(-c3cccs3)nc12. The van der Waals surface area contributed by atoms with Gasteiger partial charge in [0.2, 0.25) is 0 Å². The van der Waals surface area contributed by atoms with Crippen molar-refractivity contribution >= 4 is 23.0 Å². The zero-order valence-corrected chi connectivity index (χ0v) is 9.39. The summed E-state index contributed by atoms with van der Waals surface area (Å²) in [6.07, 6.45) is 4.94. The molecular formula is C11H7N3O2S. The monoisotopic (exact) mass is 245 g/mol. The Morgan fingerprint density at radius 3 is 3.06 bits per heavy atom. The third-order valence-corrected chi connectivity index (χ3v) is 3.24. The van der Waals surface area contributed by atoms with Crippen LogP contribution in [0.5, 0.6) is 0 Å². The highest BCUT2D eigenvalue weighted by atomic mass is 32.1. The molecule has 0 aliphatic carbocycles. The van der Waals surface area contributed by atoms with Crippen LogP contribution in [0.25, 0.3) is 16.2 Å². The topological polar surface area (TPSA) is 67.5 Å². The second kappa shape index (κ2) is 3.67. The number of imidazole rings is 1. The first-order valence-electron chi connectivity index (χ1n) is 4.86. The van der Waals surface area contributed by atoms with Crippen molar-refractivity contribution in [3.63, 3.8) is 0 Å². The highest BCUT2D eigenvalue weighted by molar-refractivity contribution is 7.13. The van der Waals surface area contributed by atoms with Gasteiger partial charge in [-0.1, -0.05) is 6.07 Å². The summed E-state index contributed by atoms with van der Waals surface area (Å²) in [5, 5.41) is 11.0. The molecule has 84 valence electrons. The van der Waals surface area contributed by atoms with E-state index in [-0.39, 0.29) is 5.69 Å². The van der Waals surface area contributed by atoms with Gasteiger partial charge in [0.1, 0.15) is 0 Å². The van der Waals surface area contributed by atoms with Crippen LogP contribution in [0.4, 0.5) is 0 Å². The third-order valence-electron chi connectivity index (χ3n) is 2.35. The van der Waals surface area contributed by atoms with E-state index in [1.54, 1.807) is 28.1 Å². The average Bonchev–Trinajstić information content (AvgIpc) is 2.96. The molecule has 0 spiro atoms. The van der Waals surface area contributed by atoms with Crippen molar-refractivity contribution in [2.75, 3.05) is 0 Å². The van der Waals surface area contributed by atoms with Gasteiger partial charge in [-0.3, -0.25) is 0 Å². The molecule has 3 rings (SSSR count). The number of carboxylic acid groups (broad SMARTS) is 1. The molecule has 0 aliphatic rings. The second-order valence-corrected chi connectivity index (χ2v) is 4.36. The number of carboxylic acids is 1. The zero-order valence-electron chi connectivity index (χ0n) is 8.57. The van der Waals surface area contributed by atoms with E-state index in [2.05, 4.69) is 9.97 Å². The van der Waals surface area contributed by atoms with Crippen LogP contribution in [0, 0.1) is 0 Å². The van der Waals surface area contributed by atoms with Crippen LogP contribution >= 0.6 is 11.3 Å². The molecule has 3 heterocycles. The molecule has 0 saturated heterocycles. The molecule has 17 heavy (non-hydrogen) atoms. The number of thiophene rings is 1. The molecular weight excluding hydrogens is 238 g/mol. The molecule has 6 heteroatoms. The molecule has 1 N–H and O–H groups in total. The Balaban J connectivity index is 2.26. The van der Waals surface area contributed by atoms with E-state index in [0.29, 0.717) is 5.65 Å². The fourth-order valence-corrected chi connectivity index (χ4v) is 2.29. The number of aromatic nitrogens is 3. The second-order valence-electron chi connectivity index (χ2n) is 3.42. The Kier molecular flexibility index (Phi) is 2.15. The predicted molar refractivity (Wildman–Crippen MR) is 63.3 cm³/mol. The summed E-state index contributed by atoms with van der Waals surface area (Å²) in [6, 6.07) is 3.88. The van der Waals surface area contributed by atoms with Crippen molar-refractivity contribution in [3.8, 4) is 10.6 Å². The van der Waals surface area contributed by atoms with Gasteiger partial charge in [-0.15, -0.1) is 11.3 Å². The molecule has 0 radical (unpaired) electrons. The van der Waals surface area contributed by atoms with Crippen LogP contribution in [-0.2, 0) is 0 Å². The van der Waals surface area contributed by atoms with E-state index in [1.165, 1.54) is 6.20 Å². The number of fused-ring (bicyclic) bond motifs is 1. The predicted octanol–water partition coefficient (Wildman–Crippen LogP) is 2.16. The van der Waals surface area contributed by atoms with Crippen LogP contribution in [0.15, 0.2) is 36.1 Å². The van der Waals surface area contributed by atoms with Gasteiger partial charge in [-0.25, -0.2) is 14.8 Å². The van der Waals surface area contributed by atoms with Crippen molar-refractivity contribution in [2.24, 2.45) is 0 Å². The van der Waals surface area contributed by atoms with Crippen LogP contribution in [0.3, 0.4) is 0 Å². The first-order valence-corrected chi connectivity index (χ1v) is 5.74. The van der Waals surface area contributed by atoms with E-state index in [4.69, 9.17) is 5.11 Å². The largest absolute Gasteiger partial charge is 0.476 e. The standard InChI is InChI=1S/C11H7N3O2S/c15-11(16)9-10-13-7(8-2-1-5-17-8)6-14(10)4-3-12-9/h1-6H,(H,15,16). The minimum atomic E-state index is -1.07. The molecule has 3 aromatic heterocycles. The highest BCUT2D eigenvalue weighted by Crippen LogP contribution is 2.24. The molecule has 0 fully saturated rings. The van der Waals surface area contributed by atoms with Gasteiger partial charge in [0, 0.05) is 18.6 Å². The Hall–Kier alpha value is -2.21. The molecule has 0 amide bonds. The fourth-order valence-electron chi connectivity index (χ4n) is 1.61. The molecule has 5 nitrogen and oxygen atoms in total. The summed E-state index contributed by atoms with van der Waals surface area (Å²) in [4.78, 5) is 20.1. The third kappa shape index (κ3) is 1.58. The number of hydrogen-bond acceptors (Lipinski definition) is 4. The fraction of sp³-hybridized carbons (Fsp3) is 0. The summed E-state index contributed by atoms with van der Waals surface area (Å²) in [5.41, 5.74) is 1.09. The van der Waals surface area contributed by atoms with E-state index in [1.807, 2.05) is 17.5 Å². The summed E-state index contributed by atoms with van der Waals surface area (Å²) in [7, 11) is 0. The maximum Gasteiger partial charge on any atom is 0.358 e. The van der Waals surface area contributed by atoms with Gasteiger partial charge >= 0.3 is 5.97 Å². The van der Waals surface area contributed by atoms with Crippen LogP contribution in [-0.4, -0.2) is 25.4 Å². The lowest BCUT2D eigenvalue weighted by molar-refractivity contribution is 0.0692. The van der Waals surface area contributed by atoms with Crippen LogP contribution in [0.1, 0.15) is 10.5 Å². The van der Waals surface area contributed by atoms with Crippen molar-refractivity contribution in [1.29, 1.82) is 0 Å². The lowest BCUT2D eigenvalue weighted by atomic mass is 10.4. The van der Waals surface area contributed by atoms with E-state index < -0.39 is 5.97 Å². The Morgan fingerprint density at radius 1 is 1.47 bits per heavy atom. The van der Waals surface area contributed by atoms with Crippen molar-refractivity contribution in [3.05, 3.63) is 41.8 Å². The van der Waals surface area contributed by atoms with Gasteiger partial charge in [0.05, 0.1) is 10.6 Å². The van der Waals surface area contributed by atoms with E-state index >= 15 is 0 Å². The normalized spacial score (nSPS) is 10.8. The number of aromatic carboxylic acids is 1. The minimum Gasteiger partial charge on any atom is -0.476 e. The van der Waals surface area contributed by atoms with Gasteiger partial charge in [0.25, 0.3) is 0 Å². The van der Waals surface area contributed by atoms with Gasteiger partial charge < -0.3 is 9.51 Å². The van der Waals surface area contributed by atoms with E-state index in [0.717, 1.165) is 10.6 Å². The quantitative estimate of drug-likeness (QED) is 0.751. The first-order chi connectivity index (χ1) is 8.25. The summed E-state index contributed by atoms with van der Waals surface area (Å²) in [5.74, 6) is -1.07.